The first-order valence-electron chi connectivity index (χ1n) is 6.80. The molecular formula is C16H18N2O2. The van der Waals surface area contributed by atoms with E-state index in [0.29, 0.717) is 0 Å². The Morgan fingerprint density at radius 1 is 0.700 bits per heavy atom. The summed E-state index contributed by atoms with van der Waals surface area (Å²) >= 11 is 0. The van der Waals surface area contributed by atoms with Crippen LogP contribution < -0.4 is 10.6 Å². The van der Waals surface area contributed by atoms with Gasteiger partial charge in [-0.1, -0.05) is 36.4 Å². The predicted octanol–water partition coefficient (Wildman–Crippen LogP) is 2.07. The smallest absolute Gasteiger partial charge is 0.120 e. The lowest BCUT2D eigenvalue weighted by molar-refractivity contribution is 0.316. The molecule has 1 saturated heterocycles. The first-order chi connectivity index (χ1) is 9.77. The molecule has 0 bridgehead atoms. The summed E-state index contributed by atoms with van der Waals surface area (Å²) in [6.45, 7) is 1.65. The lowest BCUT2D eigenvalue weighted by Gasteiger charge is -2.35. The van der Waals surface area contributed by atoms with Gasteiger partial charge in [-0.2, -0.15) is 0 Å². The summed E-state index contributed by atoms with van der Waals surface area (Å²) in [5.74, 6) is 0.545. The van der Waals surface area contributed by atoms with E-state index < -0.39 is 0 Å². The van der Waals surface area contributed by atoms with Crippen molar-refractivity contribution in [2.45, 2.75) is 12.1 Å². The van der Waals surface area contributed by atoms with Crippen molar-refractivity contribution in [2.75, 3.05) is 13.1 Å². The van der Waals surface area contributed by atoms with Gasteiger partial charge < -0.3 is 20.8 Å². The number of phenolic OH excluding ortho intramolecular Hbond substituents is 2. The van der Waals surface area contributed by atoms with Crippen molar-refractivity contribution in [2.24, 2.45) is 0 Å². The van der Waals surface area contributed by atoms with Gasteiger partial charge in [0.1, 0.15) is 11.5 Å². The highest BCUT2D eigenvalue weighted by molar-refractivity contribution is 5.41. The van der Waals surface area contributed by atoms with Crippen molar-refractivity contribution in [3.05, 3.63) is 59.7 Å². The normalized spacial score (nSPS) is 22.6. The summed E-state index contributed by atoms with van der Waals surface area (Å²) in [5.41, 5.74) is 1.68. The van der Waals surface area contributed by atoms with Crippen molar-refractivity contribution in [1.82, 2.24) is 10.6 Å². The van der Waals surface area contributed by atoms with E-state index in [2.05, 4.69) is 10.6 Å². The maximum atomic E-state index is 10.1. The molecule has 20 heavy (non-hydrogen) atoms. The number of piperazine rings is 1. The van der Waals surface area contributed by atoms with Crippen LogP contribution in [0, 0.1) is 0 Å². The van der Waals surface area contributed by atoms with Crippen molar-refractivity contribution in [1.29, 1.82) is 0 Å². The molecule has 2 atom stereocenters. The van der Waals surface area contributed by atoms with E-state index >= 15 is 0 Å². The Morgan fingerprint density at radius 3 is 1.50 bits per heavy atom. The molecule has 0 radical (unpaired) electrons. The molecule has 1 aliphatic rings. The van der Waals surface area contributed by atoms with E-state index in [-0.39, 0.29) is 23.6 Å². The van der Waals surface area contributed by atoms with Crippen LogP contribution in [0.5, 0.6) is 11.5 Å². The largest absolute Gasteiger partial charge is 0.508 e. The van der Waals surface area contributed by atoms with Crippen molar-refractivity contribution >= 4 is 0 Å². The Labute approximate surface area is 118 Å². The van der Waals surface area contributed by atoms with Crippen molar-refractivity contribution < 1.29 is 10.2 Å². The summed E-state index contributed by atoms with van der Waals surface area (Å²) in [6.07, 6.45) is 0. The maximum Gasteiger partial charge on any atom is 0.120 e. The minimum absolute atomic E-state index is 0.0711. The fourth-order valence-electron chi connectivity index (χ4n) is 2.77. The highest BCUT2D eigenvalue weighted by atomic mass is 16.3. The zero-order chi connectivity index (χ0) is 13.9. The third kappa shape index (κ3) is 2.35. The van der Waals surface area contributed by atoms with Crippen molar-refractivity contribution in [3.63, 3.8) is 0 Å². The van der Waals surface area contributed by atoms with Crippen LogP contribution in [0.2, 0.25) is 0 Å². The summed E-state index contributed by atoms with van der Waals surface area (Å²) in [7, 11) is 0. The van der Waals surface area contributed by atoms with Gasteiger partial charge in [0.2, 0.25) is 0 Å². The SMILES string of the molecule is Oc1ccccc1[C@H]1NCCN[C@@H]1c1ccccc1O. The fourth-order valence-corrected chi connectivity index (χ4v) is 2.77. The van der Waals surface area contributed by atoms with Gasteiger partial charge in [-0.15, -0.1) is 0 Å². The van der Waals surface area contributed by atoms with E-state index in [4.69, 9.17) is 0 Å². The first kappa shape index (κ1) is 13.0. The minimum atomic E-state index is -0.0711. The minimum Gasteiger partial charge on any atom is -0.508 e. The number of nitrogens with one attached hydrogen (secondary N) is 2. The quantitative estimate of drug-likeness (QED) is 0.674. The molecule has 0 aromatic heterocycles. The van der Waals surface area contributed by atoms with Gasteiger partial charge in [-0.3, -0.25) is 0 Å². The lowest BCUT2D eigenvalue weighted by Crippen LogP contribution is -2.45. The van der Waals surface area contributed by atoms with Crippen LogP contribution in [0.1, 0.15) is 23.2 Å². The second-order valence-corrected chi connectivity index (χ2v) is 4.98. The van der Waals surface area contributed by atoms with E-state index in [1.807, 2.05) is 36.4 Å². The molecule has 3 rings (SSSR count). The molecule has 4 N–H and O–H groups in total. The Balaban J connectivity index is 2.00. The molecule has 0 unspecified atom stereocenters. The van der Waals surface area contributed by atoms with E-state index in [1.54, 1.807) is 12.1 Å². The Morgan fingerprint density at radius 2 is 1.10 bits per heavy atom. The van der Waals surface area contributed by atoms with Gasteiger partial charge >= 0.3 is 0 Å². The van der Waals surface area contributed by atoms with Crippen LogP contribution in [0.4, 0.5) is 0 Å². The number of hydrogen-bond donors (Lipinski definition) is 4. The number of hydrogen-bond acceptors (Lipinski definition) is 4. The van der Waals surface area contributed by atoms with Crippen LogP contribution in [0.15, 0.2) is 48.5 Å². The molecule has 104 valence electrons. The van der Waals surface area contributed by atoms with Crippen LogP contribution in [-0.2, 0) is 0 Å². The number of phenols is 2. The molecule has 0 saturated carbocycles. The third-order valence-electron chi connectivity index (χ3n) is 3.73. The maximum absolute atomic E-state index is 10.1. The average molecular weight is 270 g/mol. The standard InChI is InChI=1S/C16H18N2O2/c19-13-7-3-1-5-11(13)15-16(18-10-9-17-15)12-6-2-4-8-14(12)20/h1-8,15-20H,9-10H2/t15-,16-/m1/s1. The second kappa shape index (κ2) is 5.53. The third-order valence-corrected chi connectivity index (χ3v) is 3.73. The second-order valence-electron chi connectivity index (χ2n) is 4.98. The van der Waals surface area contributed by atoms with E-state index in [1.165, 1.54) is 0 Å². The predicted molar refractivity (Wildman–Crippen MR) is 77.7 cm³/mol. The highest BCUT2D eigenvalue weighted by Crippen LogP contribution is 2.37. The zero-order valence-corrected chi connectivity index (χ0v) is 11.1. The van der Waals surface area contributed by atoms with E-state index in [9.17, 15) is 10.2 Å². The summed E-state index contributed by atoms with van der Waals surface area (Å²) < 4.78 is 0. The average Bonchev–Trinajstić information content (AvgIpc) is 2.48. The fraction of sp³-hybridized carbons (Fsp3) is 0.250. The first-order valence-corrected chi connectivity index (χ1v) is 6.80. The van der Waals surface area contributed by atoms with Gasteiger partial charge in [-0.05, 0) is 12.1 Å². The van der Waals surface area contributed by atoms with Gasteiger partial charge in [0.05, 0.1) is 12.1 Å². The topological polar surface area (TPSA) is 64.5 Å². The molecule has 1 fully saturated rings. The molecule has 4 nitrogen and oxygen atoms in total. The molecule has 1 aliphatic heterocycles. The molecule has 2 aromatic carbocycles. The number of para-hydroxylation sites is 2. The molecule has 0 spiro atoms. The summed E-state index contributed by atoms with van der Waals surface area (Å²) in [4.78, 5) is 0. The van der Waals surface area contributed by atoms with Gasteiger partial charge in [0.15, 0.2) is 0 Å². The van der Waals surface area contributed by atoms with Gasteiger partial charge in [0.25, 0.3) is 0 Å². The Kier molecular flexibility index (Phi) is 3.58. The summed E-state index contributed by atoms with van der Waals surface area (Å²) in [6, 6.07) is 14.5. The molecule has 0 aliphatic carbocycles. The van der Waals surface area contributed by atoms with Crippen LogP contribution in [0.25, 0.3) is 0 Å². The molecule has 1 heterocycles. The zero-order valence-electron chi connectivity index (χ0n) is 11.1. The summed E-state index contributed by atoms with van der Waals surface area (Å²) in [5, 5.41) is 27.0. The number of rotatable bonds is 2. The van der Waals surface area contributed by atoms with Gasteiger partial charge in [0, 0.05) is 24.2 Å². The van der Waals surface area contributed by atoms with Crippen LogP contribution in [-0.4, -0.2) is 23.3 Å². The van der Waals surface area contributed by atoms with Crippen molar-refractivity contribution in [3.8, 4) is 11.5 Å². The number of benzene rings is 2. The molecule has 4 heteroatoms. The number of aromatic hydroxyl groups is 2. The Hall–Kier alpha value is -2.04. The van der Waals surface area contributed by atoms with E-state index in [0.717, 1.165) is 24.2 Å². The lowest BCUT2D eigenvalue weighted by atomic mass is 9.90. The molecule has 0 amide bonds. The van der Waals surface area contributed by atoms with Crippen LogP contribution >= 0.6 is 0 Å². The highest BCUT2D eigenvalue weighted by Gasteiger charge is 2.30. The molecular weight excluding hydrogens is 252 g/mol. The monoisotopic (exact) mass is 270 g/mol. The van der Waals surface area contributed by atoms with Gasteiger partial charge in [-0.25, -0.2) is 0 Å². The van der Waals surface area contributed by atoms with Crippen LogP contribution in [0.3, 0.4) is 0 Å². The molecule has 2 aromatic rings. The Bertz CT molecular complexity index is 547.